The van der Waals surface area contributed by atoms with Crippen molar-refractivity contribution in [2.24, 2.45) is 0 Å². The zero-order chi connectivity index (χ0) is 20.1. The number of carbonyl (C=O) groups is 1. The molecule has 3 aromatic rings. The van der Waals surface area contributed by atoms with Gasteiger partial charge in [0.2, 0.25) is 5.91 Å². The number of aromatic amines is 1. The minimum Gasteiger partial charge on any atom is -0.369 e. The van der Waals surface area contributed by atoms with Gasteiger partial charge in [0.25, 0.3) is 5.56 Å². The number of amides is 1. The molecular formula is C22H26N4O2. The molecule has 146 valence electrons. The lowest BCUT2D eigenvalue weighted by Gasteiger charge is -2.27. The smallest absolute Gasteiger partial charge is 0.258 e. The first-order valence-corrected chi connectivity index (χ1v) is 9.62. The Bertz CT molecular complexity index is 1010. The average Bonchev–Trinajstić information content (AvgIpc) is 2.68. The molecule has 2 aromatic carbocycles. The molecule has 28 heavy (non-hydrogen) atoms. The molecule has 0 aliphatic heterocycles. The molecule has 1 heterocycles. The Morgan fingerprint density at radius 1 is 1.14 bits per heavy atom. The molecule has 6 heteroatoms. The molecule has 0 aliphatic rings. The minimum absolute atomic E-state index is 0.111. The standard InChI is InChI=1S/C22H26N4O2/c1-4-26(15(2)3)17-11-9-16(10-12-17)23-21(27)14-13-20-24-19-8-6-5-7-18(19)22(28)25-20/h5-12,15H,4,13-14H2,1-3H3,(H,23,27)(H,24,25,28). The van der Waals surface area contributed by atoms with Crippen molar-refractivity contribution >= 4 is 28.2 Å². The molecule has 0 atom stereocenters. The van der Waals surface area contributed by atoms with E-state index in [1.807, 2.05) is 30.3 Å². The highest BCUT2D eigenvalue weighted by Crippen LogP contribution is 2.20. The Balaban J connectivity index is 1.61. The molecule has 0 bridgehead atoms. The summed E-state index contributed by atoms with van der Waals surface area (Å²) in [6.45, 7) is 7.37. The van der Waals surface area contributed by atoms with Crippen molar-refractivity contribution in [3.63, 3.8) is 0 Å². The highest BCUT2D eigenvalue weighted by molar-refractivity contribution is 5.91. The van der Waals surface area contributed by atoms with Crippen LogP contribution in [0.15, 0.2) is 53.3 Å². The summed E-state index contributed by atoms with van der Waals surface area (Å²) >= 11 is 0. The Kier molecular flexibility index (Phi) is 6.09. The second-order valence-corrected chi connectivity index (χ2v) is 7.00. The summed E-state index contributed by atoms with van der Waals surface area (Å²) < 4.78 is 0. The van der Waals surface area contributed by atoms with Crippen LogP contribution in [0.4, 0.5) is 11.4 Å². The van der Waals surface area contributed by atoms with Crippen LogP contribution in [0.5, 0.6) is 0 Å². The number of hydrogen-bond acceptors (Lipinski definition) is 4. The van der Waals surface area contributed by atoms with Gasteiger partial charge in [-0.25, -0.2) is 4.98 Å². The summed E-state index contributed by atoms with van der Waals surface area (Å²) in [5.41, 5.74) is 2.35. The minimum atomic E-state index is -0.178. The maximum Gasteiger partial charge on any atom is 0.258 e. The molecule has 0 radical (unpaired) electrons. The molecule has 0 spiro atoms. The third-order valence-electron chi connectivity index (χ3n) is 4.70. The van der Waals surface area contributed by atoms with Gasteiger partial charge in [-0.15, -0.1) is 0 Å². The molecular weight excluding hydrogens is 352 g/mol. The number of carbonyl (C=O) groups excluding carboxylic acids is 1. The SMILES string of the molecule is CCN(c1ccc(NC(=O)CCc2nc3ccccc3c(=O)[nH]2)cc1)C(C)C. The van der Waals surface area contributed by atoms with Crippen molar-refractivity contribution < 1.29 is 4.79 Å². The fourth-order valence-corrected chi connectivity index (χ4v) is 3.29. The van der Waals surface area contributed by atoms with Gasteiger partial charge in [-0.1, -0.05) is 12.1 Å². The van der Waals surface area contributed by atoms with Gasteiger partial charge in [-0.2, -0.15) is 0 Å². The second-order valence-electron chi connectivity index (χ2n) is 7.00. The average molecular weight is 378 g/mol. The van der Waals surface area contributed by atoms with Crippen LogP contribution in [0.25, 0.3) is 10.9 Å². The number of aryl methyl sites for hydroxylation is 1. The van der Waals surface area contributed by atoms with Crippen LogP contribution in [-0.2, 0) is 11.2 Å². The molecule has 1 aromatic heterocycles. The summed E-state index contributed by atoms with van der Waals surface area (Å²) in [4.78, 5) is 33.8. The van der Waals surface area contributed by atoms with Crippen LogP contribution in [0.3, 0.4) is 0 Å². The highest BCUT2D eigenvalue weighted by Gasteiger charge is 2.10. The van der Waals surface area contributed by atoms with Crippen molar-refractivity contribution in [3.8, 4) is 0 Å². The normalized spacial score (nSPS) is 11.0. The van der Waals surface area contributed by atoms with Crippen LogP contribution in [-0.4, -0.2) is 28.5 Å². The quantitative estimate of drug-likeness (QED) is 0.657. The van der Waals surface area contributed by atoms with Gasteiger partial charge in [-0.05, 0) is 57.2 Å². The Morgan fingerprint density at radius 3 is 2.54 bits per heavy atom. The Hall–Kier alpha value is -3.15. The predicted octanol–water partition coefficient (Wildman–Crippen LogP) is 3.73. The van der Waals surface area contributed by atoms with Gasteiger partial charge >= 0.3 is 0 Å². The monoisotopic (exact) mass is 378 g/mol. The molecule has 2 N–H and O–H groups in total. The molecule has 0 aliphatic carbocycles. The summed E-state index contributed by atoms with van der Waals surface area (Å²) in [7, 11) is 0. The van der Waals surface area contributed by atoms with E-state index in [1.165, 1.54) is 0 Å². The van der Waals surface area contributed by atoms with E-state index in [-0.39, 0.29) is 17.9 Å². The molecule has 0 saturated heterocycles. The molecule has 0 fully saturated rings. The van der Waals surface area contributed by atoms with Crippen molar-refractivity contribution in [2.45, 2.75) is 39.7 Å². The Labute approximate surface area is 164 Å². The largest absolute Gasteiger partial charge is 0.369 e. The predicted molar refractivity (Wildman–Crippen MR) is 114 cm³/mol. The number of anilines is 2. The van der Waals surface area contributed by atoms with Crippen molar-refractivity contribution in [1.29, 1.82) is 0 Å². The number of H-pyrrole nitrogens is 1. The summed E-state index contributed by atoms with van der Waals surface area (Å²) in [6.07, 6.45) is 0.622. The summed E-state index contributed by atoms with van der Waals surface area (Å²) in [5.74, 6) is 0.407. The molecule has 3 rings (SSSR count). The lowest BCUT2D eigenvalue weighted by atomic mass is 10.2. The Morgan fingerprint density at radius 2 is 1.86 bits per heavy atom. The van der Waals surface area contributed by atoms with E-state index in [0.717, 1.165) is 17.9 Å². The van der Waals surface area contributed by atoms with E-state index >= 15 is 0 Å². The van der Waals surface area contributed by atoms with Crippen LogP contribution in [0.2, 0.25) is 0 Å². The first-order valence-electron chi connectivity index (χ1n) is 9.62. The van der Waals surface area contributed by atoms with Gasteiger partial charge in [0, 0.05) is 36.8 Å². The number of nitrogens with one attached hydrogen (secondary N) is 2. The van der Waals surface area contributed by atoms with Gasteiger partial charge in [0.1, 0.15) is 5.82 Å². The van der Waals surface area contributed by atoms with E-state index in [0.29, 0.717) is 29.2 Å². The third-order valence-corrected chi connectivity index (χ3v) is 4.70. The number of hydrogen-bond donors (Lipinski definition) is 2. The van der Waals surface area contributed by atoms with Crippen LogP contribution in [0, 0.1) is 0 Å². The highest BCUT2D eigenvalue weighted by atomic mass is 16.1. The number of benzene rings is 2. The van der Waals surface area contributed by atoms with Crippen LogP contribution in [0.1, 0.15) is 33.0 Å². The first kappa shape index (κ1) is 19.6. The van der Waals surface area contributed by atoms with Crippen molar-refractivity contribution in [1.82, 2.24) is 9.97 Å². The zero-order valence-electron chi connectivity index (χ0n) is 16.5. The van der Waals surface area contributed by atoms with Crippen LogP contribution < -0.4 is 15.8 Å². The third kappa shape index (κ3) is 4.57. The van der Waals surface area contributed by atoms with Crippen molar-refractivity contribution in [2.75, 3.05) is 16.8 Å². The van der Waals surface area contributed by atoms with Gasteiger partial charge in [0.05, 0.1) is 10.9 Å². The lowest BCUT2D eigenvalue weighted by Crippen LogP contribution is -2.30. The van der Waals surface area contributed by atoms with E-state index in [9.17, 15) is 9.59 Å². The zero-order valence-corrected chi connectivity index (χ0v) is 16.5. The van der Waals surface area contributed by atoms with E-state index in [2.05, 4.69) is 41.0 Å². The maximum absolute atomic E-state index is 12.3. The number of fused-ring (bicyclic) bond motifs is 1. The summed E-state index contributed by atoms with van der Waals surface area (Å²) in [5, 5.41) is 3.45. The van der Waals surface area contributed by atoms with Crippen molar-refractivity contribution in [3.05, 3.63) is 64.7 Å². The number of aromatic nitrogens is 2. The number of rotatable bonds is 7. The number of nitrogens with zero attached hydrogens (tertiary/aromatic N) is 2. The van der Waals surface area contributed by atoms with Gasteiger partial charge < -0.3 is 15.2 Å². The molecule has 1 amide bonds. The van der Waals surface area contributed by atoms with E-state index in [1.54, 1.807) is 18.2 Å². The maximum atomic E-state index is 12.3. The van der Waals surface area contributed by atoms with Gasteiger partial charge in [0.15, 0.2) is 0 Å². The second kappa shape index (κ2) is 8.69. The summed E-state index contributed by atoms with van der Waals surface area (Å²) in [6, 6.07) is 15.5. The first-order chi connectivity index (χ1) is 13.5. The topological polar surface area (TPSA) is 78.1 Å². The fraction of sp³-hybridized carbons (Fsp3) is 0.318. The van der Waals surface area contributed by atoms with E-state index in [4.69, 9.17) is 0 Å². The van der Waals surface area contributed by atoms with Gasteiger partial charge in [-0.3, -0.25) is 9.59 Å². The number of para-hydroxylation sites is 1. The van der Waals surface area contributed by atoms with E-state index < -0.39 is 0 Å². The molecule has 0 saturated carbocycles. The molecule has 6 nitrogen and oxygen atoms in total. The fourth-order valence-electron chi connectivity index (χ4n) is 3.29. The lowest BCUT2D eigenvalue weighted by molar-refractivity contribution is -0.116. The van der Waals surface area contributed by atoms with Crippen LogP contribution >= 0.6 is 0 Å². The molecule has 0 unspecified atom stereocenters.